The molecule has 3 fully saturated rings. The maximum Gasteiger partial charge on any atom is 0.316 e. The van der Waals surface area contributed by atoms with Gasteiger partial charge in [0.25, 0.3) is 0 Å². The number of hydrogen-bond donors (Lipinski definition) is 0. The minimum Gasteiger partial charge on any atom is -0.426 e. The van der Waals surface area contributed by atoms with Crippen molar-refractivity contribution < 1.29 is 23.9 Å². The van der Waals surface area contributed by atoms with E-state index >= 15 is 0 Å². The van der Waals surface area contributed by atoms with Crippen LogP contribution < -0.4 is 14.5 Å². The number of imide groups is 1. The average Bonchev–Trinajstić information content (AvgIpc) is 3.57. The number of carbonyl (C=O) groups excluding carboxylic acids is 4. The molecule has 2 bridgehead atoms. The van der Waals surface area contributed by atoms with Crippen molar-refractivity contribution in [1.82, 2.24) is 0 Å². The van der Waals surface area contributed by atoms with E-state index in [1.54, 1.807) is 29.2 Å². The molecule has 0 spiro atoms. The summed E-state index contributed by atoms with van der Waals surface area (Å²) in [6.45, 7) is 4.20. The Morgan fingerprint density at radius 1 is 0.886 bits per heavy atom. The Hall–Kier alpha value is -3.74. The van der Waals surface area contributed by atoms with Crippen molar-refractivity contribution in [3.05, 3.63) is 65.7 Å². The second-order valence-electron chi connectivity index (χ2n) is 10.2. The van der Waals surface area contributed by atoms with Gasteiger partial charge in [-0.3, -0.25) is 19.2 Å². The molecule has 0 radical (unpaired) electrons. The summed E-state index contributed by atoms with van der Waals surface area (Å²) in [5.74, 6) is -1.62. The fourth-order valence-electron chi connectivity index (χ4n) is 6.26. The molecule has 178 valence electrons. The normalized spacial score (nSPS) is 28.9. The molecule has 35 heavy (non-hydrogen) atoms. The highest BCUT2D eigenvalue weighted by atomic mass is 16.5. The van der Waals surface area contributed by atoms with Gasteiger partial charge in [0, 0.05) is 24.7 Å². The molecule has 2 heterocycles. The number of rotatable bonds is 4. The maximum atomic E-state index is 13.1. The second-order valence-corrected chi connectivity index (χ2v) is 10.2. The molecule has 3 amide bonds. The number of anilines is 2. The number of nitrogens with zero attached hydrogens (tertiary/aromatic N) is 2. The third-order valence-electron chi connectivity index (χ3n) is 7.74. The van der Waals surface area contributed by atoms with Crippen molar-refractivity contribution in [3.63, 3.8) is 0 Å². The second kappa shape index (κ2) is 7.90. The largest absolute Gasteiger partial charge is 0.426 e. The number of amides is 3. The number of benzene rings is 2. The molecule has 7 heteroatoms. The predicted molar refractivity (Wildman–Crippen MR) is 129 cm³/mol. The number of allylic oxidation sites excluding steroid dienone is 2. The van der Waals surface area contributed by atoms with Crippen LogP contribution >= 0.6 is 0 Å². The molecule has 6 rings (SSSR count). The zero-order chi connectivity index (χ0) is 24.4. The number of aryl methyl sites for hydroxylation is 2. The van der Waals surface area contributed by atoms with E-state index in [1.807, 2.05) is 32.0 Å². The Kier molecular flexibility index (Phi) is 4.91. The molecule has 0 N–H and O–H groups in total. The highest BCUT2D eigenvalue weighted by Crippen LogP contribution is 2.53. The third kappa shape index (κ3) is 3.49. The molecule has 0 unspecified atom stereocenters. The fourth-order valence-corrected chi connectivity index (χ4v) is 6.26. The number of fused-ring (bicyclic) bond motifs is 5. The Morgan fingerprint density at radius 2 is 1.54 bits per heavy atom. The van der Waals surface area contributed by atoms with Crippen molar-refractivity contribution in [3.8, 4) is 5.75 Å². The van der Waals surface area contributed by atoms with E-state index in [1.165, 1.54) is 4.90 Å². The van der Waals surface area contributed by atoms with Gasteiger partial charge in [0.05, 0.1) is 23.4 Å². The van der Waals surface area contributed by atoms with Crippen molar-refractivity contribution >= 4 is 35.1 Å². The van der Waals surface area contributed by atoms with Crippen LogP contribution in [0.4, 0.5) is 11.4 Å². The minimum absolute atomic E-state index is 0.0771. The Balaban J connectivity index is 1.17. The van der Waals surface area contributed by atoms with Crippen LogP contribution in [0.2, 0.25) is 0 Å². The van der Waals surface area contributed by atoms with Crippen molar-refractivity contribution in [1.29, 1.82) is 0 Å². The minimum atomic E-state index is -0.594. The first-order chi connectivity index (χ1) is 16.8. The quantitative estimate of drug-likeness (QED) is 0.295. The monoisotopic (exact) mass is 470 g/mol. The SMILES string of the molecule is Cc1cc(C)cc(N2C[C@H](C(=O)Oc3cccc(N4C(=O)[C@@H]5[C@H](C4=O)[C@H]4C=C[C@H]5C4)c3)CC2=O)c1. The number of esters is 1. The lowest BCUT2D eigenvalue weighted by atomic mass is 9.85. The molecule has 2 aromatic rings. The van der Waals surface area contributed by atoms with Gasteiger partial charge in [0.15, 0.2) is 0 Å². The average molecular weight is 471 g/mol. The predicted octanol–water partition coefficient (Wildman–Crippen LogP) is 3.57. The number of carbonyl (C=O) groups is 4. The maximum absolute atomic E-state index is 13.1. The highest BCUT2D eigenvalue weighted by Gasteiger charge is 2.59. The van der Waals surface area contributed by atoms with E-state index in [0.717, 1.165) is 23.2 Å². The van der Waals surface area contributed by atoms with E-state index in [9.17, 15) is 19.2 Å². The lowest BCUT2D eigenvalue weighted by molar-refractivity contribution is -0.139. The molecule has 2 saturated heterocycles. The summed E-state index contributed by atoms with van der Waals surface area (Å²) in [7, 11) is 0. The van der Waals surface area contributed by atoms with Gasteiger partial charge in [0.2, 0.25) is 17.7 Å². The first-order valence-electron chi connectivity index (χ1n) is 12.1. The number of ether oxygens (including phenoxy) is 1. The summed E-state index contributed by atoms with van der Waals surface area (Å²) in [6.07, 6.45) is 5.07. The van der Waals surface area contributed by atoms with Gasteiger partial charge >= 0.3 is 5.97 Å². The van der Waals surface area contributed by atoms with Gasteiger partial charge in [-0.25, -0.2) is 4.90 Å². The number of hydrogen-bond acceptors (Lipinski definition) is 5. The van der Waals surface area contributed by atoms with E-state index in [4.69, 9.17) is 4.74 Å². The summed E-state index contributed by atoms with van der Waals surface area (Å²) in [5, 5.41) is 0. The van der Waals surface area contributed by atoms with Gasteiger partial charge < -0.3 is 9.64 Å². The molecule has 5 atom stereocenters. The zero-order valence-corrected chi connectivity index (χ0v) is 19.6. The lowest BCUT2D eigenvalue weighted by Crippen LogP contribution is -2.32. The van der Waals surface area contributed by atoms with Crippen molar-refractivity contribution in [2.24, 2.45) is 29.6 Å². The van der Waals surface area contributed by atoms with Crippen LogP contribution in [0.5, 0.6) is 5.75 Å². The van der Waals surface area contributed by atoms with Crippen LogP contribution in [0.3, 0.4) is 0 Å². The van der Waals surface area contributed by atoms with Gasteiger partial charge in [-0.2, -0.15) is 0 Å². The van der Waals surface area contributed by atoms with Gasteiger partial charge in [-0.1, -0.05) is 24.3 Å². The van der Waals surface area contributed by atoms with Crippen LogP contribution in [0.25, 0.3) is 0 Å². The van der Waals surface area contributed by atoms with Gasteiger partial charge in [0.1, 0.15) is 5.75 Å². The summed E-state index contributed by atoms with van der Waals surface area (Å²) in [4.78, 5) is 54.7. The zero-order valence-electron chi connectivity index (χ0n) is 19.6. The molecule has 2 aromatic carbocycles. The van der Waals surface area contributed by atoms with Crippen molar-refractivity contribution in [2.45, 2.75) is 26.7 Å². The first kappa shape index (κ1) is 21.8. The molecule has 2 aliphatic heterocycles. The Morgan fingerprint density at radius 3 is 2.20 bits per heavy atom. The molecular weight excluding hydrogens is 444 g/mol. The van der Waals surface area contributed by atoms with E-state index in [0.29, 0.717) is 5.69 Å². The smallest absolute Gasteiger partial charge is 0.316 e. The summed E-state index contributed by atoms with van der Waals surface area (Å²) >= 11 is 0. The van der Waals surface area contributed by atoms with Gasteiger partial charge in [-0.15, -0.1) is 0 Å². The van der Waals surface area contributed by atoms with Gasteiger partial charge in [-0.05, 0) is 67.5 Å². The van der Waals surface area contributed by atoms with Crippen LogP contribution in [0.15, 0.2) is 54.6 Å². The Bertz CT molecular complexity index is 1260. The standard InChI is InChI=1S/C28H26N2O5/c1-15-8-16(2)10-21(9-15)29-14-19(12-23(29)31)28(34)35-22-5-3-4-20(13-22)30-26(32)24-17-6-7-18(11-17)25(24)27(30)33/h3-10,13,17-19,24-25H,11-12,14H2,1-2H3/t17-,18-,19+,24-,25+/m0/s1. The molecule has 0 aromatic heterocycles. The van der Waals surface area contributed by atoms with Crippen LogP contribution in [0.1, 0.15) is 24.0 Å². The Labute approximate surface area is 203 Å². The van der Waals surface area contributed by atoms with Crippen LogP contribution in [0, 0.1) is 43.4 Å². The fraction of sp³-hybridized carbons (Fsp3) is 0.357. The van der Waals surface area contributed by atoms with Crippen LogP contribution in [-0.4, -0.2) is 30.2 Å². The molecule has 2 aliphatic carbocycles. The summed E-state index contributed by atoms with van der Waals surface area (Å²) in [5.41, 5.74) is 3.30. The van der Waals surface area contributed by atoms with E-state index in [2.05, 4.69) is 12.2 Å². The topological polar surface area (TPSA) is 84.0 Å². The molecule has 7 nitrogen and oxygen atoms in total. The first-order valence-corrected chi connectivity index (χ1v) is 12.1. The van der Waals surface area contributed by atoms with E-state index in [-0.39, 0.29) is 60.1 Å². The molecule has 4 aliphatic rings. The molecule has 1 saturated carbocycles. The molecular formula is C28H26N2O5. The third-order valence-corrected chi connectivity index (χ3v) is 7.74. The van der Waals surface area contributed by atoms with E-state index < -0.39 is 11.9 Å². The van der Waals surface area contributed by atoms with Crippen LogP contribution in [-0.2, 0) is 19.2 Å². The lowest BCUT2D eigenvalue weighted by Gasteiger charge is -2.19. The summed E-state index contributed by atoms with van der Waals surface area (Å²) in [6, 6.07) is 12.4. The van der Waals surface area contributed by atoms with Crippen molar-refractivity contribution in [2.75, 3.05) is 16.3 Å². The highest BCUT2D eigenvalue weighted by molar-refractivity contribution is 6.22. The summed E-state index contributed by atoms with van der Waals surface area (Å²) < 4.78 is 5.62.